The van der Waals surface area contributed by atoms with Crippen LogP contribution in [0.5, 0.6) is 0 Å². The maximum Gasteiger partial charge on any atom is 0.120 e. The van der Waals surface area contributed by atoms with Gasteiger partial charge in [0.15, 0.2) is 0 Å². The van der Waals surface area contributed by atoms with Crippen molar-refractivity contribution in [3.05, 3.63) is 34.5 Å². The molecule has 5 atom stereocenters. The normalized spacial score (nSPS) is 37.0. The predicted molar refractivity (Wildman–Crippen MR) is 112 cm³/mol. The lowest BCUT2D eigenvalue weighted by atomic mass is 9.53. The lowest BCUT2D eigenvalue weighted by Gasteiger charge is -2.51. The van der Waals surface area contributed by atoms with Crippen LogP contribution in [0, 0.1) is 29.1 Å². The Balaban J connectivity index is 2.30. The lowest BCUT2D eigenvalue weighted by molar-refractivity contribution is -0.108. The first-order valence-electron chi connectivity index (χ1n) is 9.59. The Bertz CT molecular complexity index is 506. The van der Waals surface area contributed by atoms with E-state index >= 15 is 0 Å². The van der Waals surface area contributed by atoms with E-state index in [0.717, 1.165) is 12.7 Å². The summed E-state index contributed by atoms with van der Waals surface area (Å²) in [7, 11) is 0. The van der Waals surface area contributed by atoms with Crippen LogP contribution in [-0.4, -0.2) is 6.29 Å². The number of halogens is 1. The van der Waals surface area contributed by atoms with Gasteiger partial charge in [-0.2, -0.15) is 0 Å². The van der Waals surface area contributed by atoms with Gasteiger partial charge in [-0.15, -0.1) is 6.58 Å². The van der Waals surface area contributed by atoms with Crippen LogP contribution in [0.2, 0.25) is 0 Å². The summed E-state index contributed by atoms with van der Waals surface area (Å²) in [5.74, 6) is 2.56. The summed E-state index contributed by atoms with van der Waals surface area (Å²) in [6.45, 7) is 13.2. The molecule has 0 radical (unpaired) electrons. The number of carbonyl (C=O) groups excluding carboxylic acids is 1. The quantitative estimate of drug-likeness (QED) is 0.239. The van der Waals surface area contributed by atoms with Crippen molar-refractivity contribution in [3.63, 3.8) is 0 Å². The van der Waals surface area contributed by atoms with Gasteiger partial charge in [-0.05, 0) is 93.8 Å². The number of hydrogen-bond acceptors (Lipinski definition) is 1. The molecule has 0 aliphatic heterocycles. The molecule has 1 nitrogen and oxygen atoms in total. The van der Waals surface area contributed by atoms with E-state index in [1.807, 2.05) is 0 Å². The van der Waals surface area contributed by atoms with Gasteiger partial charge >= 0.3 is 0 Å². The maximum absolute atomic E-state index is 11.1. The first-order valence-corrected chi connectivity index (χ1v) is 10.7. The van der Waals surface area contributed by atoms with E-state index in [1.165, 1.54) is 47.7 Å². The number of aldehydes is 1. The first kappa shape index (κ1) is 19.9. The second kappa shape index (κ2) is 8.82. The van der Waals surface area contributed by atoms with Crippen molar-refractivity contribution in [2.75, 3.05) is 0 Å². The zero-order chi connectivity index (χ0) is 17.7. The highest BCUT2D eigenvalue weighted by Gasteiger charge is 2.46. The first-order chi connectivity index (χ1) is 11.5. The molecule has 24 heavy (non-hydrogen) atoms. The molecule has 5 unspecified atom stereocenters. The highest BCUT2D eigenvalue weighted by Crippen LogP contribution is 2.55. The number of hydrogen-bond donors (Lipinski definition) is 0. The monoisotopic (exact) mass is 440 g/mol. The van der Waals surface area contributed by atoms with Crippen LogP contribution in [0.1, 0.15) is 65.2 Å². The van der Waals surface area contributed by atoms with E-state index in [4.69, 9.17) is 0 Å². The Labute approximate surface area is 162 Å². The average Bonchev–Trinajstić information content (AvgIpc) is 2.56. The molecule has 0 saturated heterocycles. The summed E-state index contributed by atoms with van der Waals surface area (Å²) >= 11 is 2.45. The van der Waals surface area contributed by atoms with Crippen molar-refractivity contribution in [2.45, 2.75) is 65.2 Å². The van der Waals surface area contributed by atoms with Crippen molar-refractivity contribution < 1.29 is 4.79 Å². The van der Waals surface area contributed by atoms with Crippen LogP contribution >= 0.6 is 22.6 Å². The Morgan fingerprint density at radius 3 is 2.71 bits per heavy atom. The van der Waals surface area contributed by atoms with E-state index in [2.05, 4.69) is 61.7 Å². The Kier molecular flexibility index (Phi) is 7.33. The number of rotatable bonds is 7. The van der Waals surface area contributed by atoms with Crippen molar-refractivity contribution in [2.24, 2.45) is 29.1 Å². The van der Waals surface area contributed by atoms with Crippen molar-refractivity contribution in [1.29, 1.82) is 0 Å². The zero-order valence-corrected chi connectivity index (χ0v) is 17.6. The maximum atomic E-state index is 11.1. The minimum absolute atomic E-state index is 0.223. The molecular weight excluding hydrogens is 407 g/mol. The van der Waals surface area contributed by atoms with Crippen LogP contribution in [-0.2, 0) is 4.79 Å². The van der Waals surface area contributed by atoms with Crippen LogP contribution in [0.3, 0.4) is 0 Å². The number of carbonyl (C=O) groups is 1. The van der Waals surface area contributed by atoms with Crippen LogP contribution in [0.25, 0.3) is 0 Å². The zero-order valence-electron chi connectivity index (χ0n) is 15.4. The smallest absolute Gasteiger partial charge is 0.120 e. The van der Waals surface area contributed by atoms with E-state index in [9.17, 15) is 4.79 Å². The molecule has 0 amide bonds. The van der Waals surface area contributed by atoms with E-state index in [0.29, 0.717) is 30.1 Å². The molecule has 0 heterocycles. The number of allylic oxidation sites excluding steroid dienone is 4. The third kappa shape index (κ3) is 4.23. The molecule has 2 heteroatoms. The van der Waals surface area contributed by atoms with Crippen LogP contribution < -0.4 is 0 Å². The summed E-state index contributed by atoms with van der Waals surface area (Å²) in [6.07, 6.45) is 14.7. The summed E-state index contributed by atoms with van der Waals surface area (Å²) in [4.78, 5) is 11.1. The summed E-state index contributed by atoms with van der Waals surface area (Å²) in [5, 5.41) is 0. The predicted octanol–water partition coefficient (Wildman–Crippen LogP) is 6.89. The minimum atomic E-state index is 0.223. The van der Waals surface area contributed by atoms with E-state index in [1.54, 1.807) is 0 Å². The second-order valence-corrected chi connectivity index (χ2v) is 9.41. The Hall–Kier alpha value is -0.380. The van der Waals surface area contributed by atoms with Gasteiger partial charge in [-0.25, -0.2) is 0 Å². The molecule has 0 aromatic heterocycles. The standard InChI is InChI=1S/C22H33IO/c1-5-8-21-20(9-7-14-24)19(12-13-22(21,4)6-2)18-11-10-17(23)15-16(18)3/h6,14-15,18-21H,2-3,5,7-13H2,1,4H3. The minimum Gasteiger partial charge on any atom is -0.303 e. The van der Waals surface area contributed by atoms with Gasteiger partial charge in [-0.3, -0.25) is 0 Å². The molecule has 0 bridgehead atoms. The molecule has 0 spiro atoms. The molecule has 2 aliphatic rings. The molecule has 2 aliphatic carbocycles. The van der Waals surface area contributed by atoms with Gasteiger partial charge in [0.1, 0.15) is 6.29 Å². The molecule has 0 aromatic carbocycles. The Morgan fingerprint density at radius 2 is 2.12 bits per heavy atom. The highest BCUT2D eigenvalue weighted by molar-refractivity contribution is 14.1. The van der Waals surface area contributed by atoms with Gasteiger partial charge in [0.2, 0.25) is 0 Å². The largest absolute Gasteiger partial charge is 0.303 e. The van der Waals surface area contributed by atoms with Crippen molar-refractivity contribution in [3.8, 4) is 0 Å². The van der Waals surface area contributed by atoms with Crippen LogP contribution in [0.4, 0.5) is 0 Å². The fourth-order valence-corrected chi connectivity index (χ4v) is 6.01. The summed E-state index contributed by atoms with van der Waals surface area (Å²) < 4.78 is 1.44. The average molecular weight is 440 g/mol. The van der Waals surface area contributed by atoms with Gasteiger partial charge in [-0.1, -0.05) is 44.6 Å². The Morgan fingerprint density at radius 1 is 1.38 bits per heavy atom. The highest BCUT2D eigenvalue weighted by atomic mass is 127. The molecule has 1 saturated carbocycles. The van der Waals surface area contributed by atoms with Gasteiger partial charge in [0, 0.05) is 6.42 Å². The fourth-order valence-electron chi connectivity index (χ4n) is 5.30. The molecule has 0 aromatic rings. The molecule has 1 fully saturated rings. The van der Waals surface area contributed by atoms with Gasteiger partial charge in [0.05, 0.1) is 0 Å². The third-order valence-electron chi connectivity index (χ3n) is 6.64. The lowest BCUT2D eigenvalue weighted by Crippen LogP contribution is -2.43. The van der Waals surface area contributed by atoms with Crippen LogP contribution in [0.15, 0.2) is 34.5 Å². The third-order valence-corrected chi connectivity index (χ3v) is 7.49. The molecule has 0 N–H and O–H groups in total. The van der Waals surface area contributed by atoms with Crippen molar-refractivity contribution in [1.82, 2.24) is 0 Å². The second-order valence-electron chi connectivity index (χ2n) is 8.03. The molecule has 2 rings (SSSR count). The molecule has 134 valence electrons. The topological polar surface area (TPSA) is 17.1 Å². The fraction of sp³-hybridized carbons (Fsp3) is 0.682. The van der Waals surface area contributed by atoms with Gasteiger partial charge < -0.3 is 4.79 Å². The summed E-state index contributed by atoms with van der Waals surface area (Å²) in [5.41, 5.74) is 1.55. The van der Waals surface area contributed by atoms with E-state index < -0.39 is 0 Å². The summed E-state index contributed by atoms with van der Waals surface area (Å²) in [6, 6.07) is 0. The van der Waals surface area contributed by atoms with Gasteiger partial charge in [0.25, 0.3) is 0 Å². The van der Waals surface area contributed by atoms with Crippen molar-refractivity contribution >= 4 is 28.9 Å². The van der Waals surface area contributed by atoms with E-state index in [-0.39, 0.29) is 5.41 Å². The SMILES string of the molecule is C=CC1(C)CCC(C2CCC(I)=CC2=C)C(CCC=O)C1CCC. The molecular formula is C22H33IO.